The molecule has 0 heterocycles. The highest BCUT2D eigenvalue weighted by atomic mass is 16.5. The molecular formula is C18H23NO. The third-order valence-corrected chi connectivity index (χ3v) is 3.36. The number of hydrogen-bond acceptors (Lipinski definition) is 2. The maximum absolute atomic E-state index is 5.71. The van der Waals surface area contributed by atoms with Crippen LogP contribution in [0.15, 0.2) is 54.6 Å². The molecule has 2 aromatic rings. The molecule has 2 aromatic carbocycles. The molecule has 1 atom stereocenters. The number of hydrogen-bond donors (Lipinski definition) is 1. The fraction of sp³-hybridized carbons (Fsp3) is 0.333. The fourth-order valence-corrected chi connectivity index (χ4v) is 2.28. The molecule has 1 unspecified atom stereocenters. The molecule has 0 saturated carbocycles. The van der Waals surface area contributed by atoms with Crippen LogP contribution in [0.2, 0.25) is 0 Å². The first-order chi connectivity index (χ1) is 9.83. The van der Waals surface area contributed by atoms with Crippen LogP contribution in [0, 0.1) is 0 Å². The summed E-state index contributed by atoms with van der Waals surface area (Å²) in [6.07, 6.45) is 2.01. The monoisotopic (exact) mass is 269 g/mol. The van der Waals surface area contributed by atoms with E-state index in [9.17, 15) is 0 Å². The molecule has 0 fully saturated rings. The van der Waals surface area contributed by atoms with Crippen molar-refractivity contribution in [3.8, 4) is 5.75 Å². The second-order valence-electron chi connectivity index (χ2n) is 4.95. The summed E-state index contributed by atoms with van der Waals surface area (Å²) in [4.78, 5) is 0. The number of benzene rings is 2. The summed E-state index contributed by atoms with van der Waals surface area (Å²) in [6.45, 7) is 2.89. The van der Waals surface area contributed by atoms with Gasteiger partial charge in [-0.3, -0.25) is 0 Å². The van der Waals surface area contributed by atoms with E-state index < -0.39 is 0 Å². The van der Waals surface area contributed by atoms with Crippen LogP contribution in [0.25, 0.3) is 0 Å². The van der Waals surface area contributed by atoms with Crippen molar-refractivity contribution in [2.75, 3.05) is 13.7 Å². The van der Waals surface area contributed by atoms with Gasteiger partial charge in [-0.1, -0.05) is 49.4 Å². The first-order valence-corrected chi connectivity index (χ1v) is 7.27. The van der Waals surface area contributed by atoms with Crippen LogP contribution in [0.3, 0.4) is 0 Å². The molecule has 0 spiro atoms. The molecule has 0 aromatic heterocycles. The van der Waals surface area contributed by atoms with Crippen LogP contribution in [-0.4, -0.2) is 13.7 Å². The SMILES string of the molecule is CCCOc1cccc(C(Cc2ccccc2)NC)c1. The lowest BCUT2D eigenvalue weighted by molar-refractivity contribution is 0.317. The van der Waals surface area contributed by atoms with E-state index in [4.69, 9.17) is 4.74 Å². The second-order valence-corrected chi connectivity index (χ2v) is 4.95. The Bertz CT molecular complexity index is 510. The quantitative estimate of drug-likeness (QED) is 0.821. The normalized spacial score (nSPS) is 12.1. The van der Waals surface area contributed by atoms with E-state index in [0.717, 1.165) is 25.2 Å². The van der Waals surface area contributed by atoms with Gasteiger partial charge in [0.15, 0.2) is 0 Å². The van der Waals surface area contributed by atoms with E-state index in [1.54, 1.807) is 0 Å². The van der Waals surface area contributed by atoms with E-state index in [1.807, 2.05) is 13.1 Å². The molecule has 1 N–H and O–H groups in total. The molecule has 20 heavy (non-hydrogen) atoms. The van der Waals surface area contributed by atoms with Crippen LogP contribution in [0.5, 0.6) is 5.75 Å². The van der Waals surface area contributed by atoms with Crippen LogP contribution in [-0.2, 0) is 6.42 Å². The molecule has 0 saturated heterocycles. The lowest BCUT2D eigenvalue weighted by Gasteiger charge is -2.18. The summed E-state index contributed by atoms with van der Waals surface area (Å²) in [7, 11) is 2.01. The van der Waals surface area contributed by atoms with Crippen LogP contribution in [0.1, 0.15) is 30.5 Å². The Hall–Kier alpha value is -1.80. The van der Waals surface area contributed by atoms with Gasteiger partial charge in [0.25, 0.3) is 0 Å². The highest BCUT2D eigenvalue weighted by Crippen LogP contribution is 2.22. The summed E-state index contributed by atoms with van der Waals surface area (Å²) in [5.74, 6) is 0.956. The Morgan fingerprint density at radius 2 is 1.85 bits per heavy atom. The predicted molar refractivity (Wildman–Crippen MR) is 84.2 cm³/mol. The second kappa shape index (κ2) is 7.71. The average Bonchev–Trinajstić information content (AvgIpc) is 2.52. The highest BCUT2D eigenvalue weighted by molar-refractivity contribution is 5.32. The van der Waals surface area contributed by atoms with Gasteiger partial charge in [-0.2, -0.15) is 0 Å². The summed E-state index contributed by atoms with van der Waals surface area (Å²) < 4.78 is 5.71. The summed E-state index contributed by atoms with van der Waals surface area (Å²) in [5, 5.41) is 3.39. The van der Waals surface area contributed by atoms with Gasteiger partial charge >= 0.3 is 0 Å². The minimum atomic E-state index is 0.308. The first-order valence-electron chi connectivity index (χ1n) is 7.27. The maximum Gasteiger partial charge on any atom is 0.119 e. The molecule has 106 valence electrons. The standard InChI is InChI=1S/C18H23NO/c1-3-12-20-17-11-7-10-16(14-17)18(19-2)13-15-8-5-4-6-9-15/h4-11,14,18-19H,3,12-13H2,1-2H3. The minimum Gasteiger partial charge on any atom is -0.494 e. The molecule has 2 rings (SSSR count). The summed E-state index contributed by atoms with van der Waals surface area (Å²) >= 11 is 0. The number of rotatable bonds is 7. The third kappa shape index (κ3) is 4.10. The molecular weight excluding hydrogens is 246 g/mol. The van der Waals surface area contributed by atoms with E-state index >= 15 is 0 Å². The Balaban J connectivity index is 2.10. The van der Waals surface area contributed by atoms with Gasteiger partial charge in [0, 0.05) is 6.04 Å². The van der Waals surface area contributed by atoms with Crippen molar-refractivity contribution in [3.05, 3.63) is 65.7 Å². The molecule has 0 aliphatic carbocycles. The van der Waals surface area contributed by atoms with E-state index in [0.29, 0.717) is 6.04 Å². The fourth-order valence-electron chi connectivity index (χ4n) is 2.28. The average molecular weight is 269 g/mol. The Kier molecular flexibility index (Phi) is 5.63. The predicted octanol–water partition coefficient (Wildman–Crippen LogP) is 3.98. The van der Waals surface area contributed by atoms with Gasteiger partial charge in [-0.25, -0.2) is 0 Å². The first kappa shape index (κ1) is 14.6. The molecule has 0 aliphatic heterocycles. The smallest absolute Gasteiger partial charge is 0.119 e. The number of nitrogens with one attached hydrogen (secondary N) is 1. The molecule has 2 heteroatoms. The largest absolute Gasteiger partial charge is 0.494 e. The van der Waals surface area contributed by atoms with Crippen molar-refractivity contribution >= 4 is 0 Å². The molecule has 0 amide bonds. The van der Waals surface area contributed by atoms with Crippen molar-refractivity contribution < 1.29 is 4.74 Å². The molecule has 2 nitrogen and oxygen atoms in total. The third-order valence-electron chi connectivity index (χ3n) is 3.36. The lowest BCUT2D eigenvalue weighted by atomic mass is 9.99. The lowest BCUT2D eigenvalue weighted by Crippen LogP contribution is -2.18. The number of likely N-dealkylation sites (N-methyl/N-ethyl adjacent to an activating group) is 1. The molecule has 0 aliphatic rings. The van der Waals surface area contributed by atoms with Crippen molar-refractivity contribution in [2.24, 2.45) is 0 Å². The summed E-state index contributed by atoms with van der Waals surface area (Å²) in [6, 6.07) is 19.3. The van der Waals surface area contributed by atoms with Gasteiger partial charge < -0.3 is 10.1 Å². The Morgan fingerprint density at radius 1 is 1.05 bits per heavy atom. The zero-order chi connectivity index (χ0) is 14.2. The van der Waals surface area contributed by atoms with E-state index in [2.05, 4.69) is 60.8 Å². The zero-order valence-corrected chi connectivity index (χ0v) is 12.3. The van der Waals surface area contributed by atoms with Crippen molar-refractivity contribution in [3.63, 3.8) is 0 Å². The Labute approximate surface area is 121 Å². The molecule has 0 radical (unpaired) electrons. The summed E-state index contributed by atoms with van der Waals surface area (Å²) in [5.41, 5.74) is 2.61. The Morgan fingerprint density at radius 3 is 2.55 bits per heavy atom. The van der Waals surface area contributed by atoms with Gasteiger partial charge in [0.2, 0.25) is 0 Å². The van der Waals surface area contributed by atoms with Crippen molar-refractivity contribution in [1.82, 2.24) is 5.32 Å². The van der Waals surface area contributed by atoms with Crippen LogP contribution in [0.4, 0.5) is 0 Å². The zero-order valence-electron chi connectivity index (χ0n) is 12.3. The minimum absolute atomic E-state index is 0.308. The highest BCUT2D eigenvalue weighted by Gasteiger charge is 2.10. The van der Waals surface area contributed by atoms with Gasteiger partial charge in [-0.05, 0) is 43.1 Å². The molecule has 0 bridgehead atoms. The van der Waals surface area contributed by atoms with E-state index in [1.165, 1.54) is 11.1 Å². The maximum atomic E-state index is 5.71. The van der Waals surface area contributed by atoms with Gasteiger partial charge in [0.1, 0.15) is 5.75 Å². The van der Waals surface area contributed by atoms with E-state index in [-0.39, 0.29) is 0 Å². The van der Waals surface area contributed by atoms with Crippen LogP contribution < -0.4 is 10.1 Å². The number of ether oxygens (including phenoxy) is 1. The van der Waals surface area contributed by atoms with Crippen molar-refractivity contribution in [2.45, 2.75) is 25.8 Å². The van der Waals surface area contributed by atoms with Gasteiger partial charge in [0.05, 0.1) is 6.61 Å². The van der Waals surface area contributed by atoms with Crippen molar-refractivity contribution in [1.29, 1.82) is 0 Å². The van der Waals surface area contributed by atoms with Crippen LogP contribution >= 0.6 is 0 Å². The van der Waals surface area contributed by atoms with Gasteiger partial charge in [-0.15, -0.1) is 0 Å². The topological polar surface area (TPSA) is 21.3 Å².